The molecule has 84 valence electrons. The molecule has 2 rings (SSSR count). The van der Waals surface area contributed by atoms with Crippen LogP contribution in [0.1, 0.15) is 5.69 Å². The second-order valence-corrected chi connectivity index (χ2v) is 5.74. The molecule has 0 saturated heterocycles. The summed E-state index contributed by atoms with van der Waals surface area (Å²) in [6, 6.07) is 3.10. The molecule has 0 aliphatic rings. The van der Waals surface area contributed by atoms with Crippen LogP contribution < -0.4 is 0 Å². The van der Waals surface area contributed by atoms with Gasteiger partial charge in [0, 0.05) is 22.9 Å². The number of hydrogen-bond donors (Lipinski definition) is 0. The first-order chi connectivity index (χ1) is 7.54. The average molecular weight is 260 g/mol. The number of aromatic nitrogens is 3. The fraction of sp³-hybridized carbons (Fsp3) is 0.125. The van der Waals surface area contributed by atoms with Crippen molar-refractivity contribution < 1.29 is 12.9 Å². The second-order valence-electron chi connectivity index (χ2n) is 2.96. The molecule has 0 spiro atoms. The Bertz CT molecular complexity index is 582. The summed E-state index contributed by atoms with van der Waals surface area (Å²) in [4.78, 5) is 7.68. The molecule has 0 saturated carbocycles. The summed E-state index contributed by atoms with van der Waals surface area (Å²) in [7, 11) is 1.46. The zero-order valence-corrected chi connectivity index (χ0v) is 9.44. The van der Waals surface area contributed by atoms with Crippen LogP contribution in [0.4, 0.5) is 0 Å². The summed E-state index contributed by atoms with van der Waals surface area (Å²) in [5, 5.41) is 3.58. The lowest BCUT2D eigenvalue weighted by Gasteiger charge is -1.90. The smallest absolute Gasteiger partial charge is 0.238 e. The maximum Gasteiger partial charge on any atom is 0.238 e. The minimum atomic E-state index is -3.63. The lowest BCUT2D eigenvalue weighted by atomic mass is 10.3. The van der Waals surface area contributed by atoms with Gasteiger partial charge in [-0.15, -0.1) is 0 Å². The molecule has 0 radical (unpaired) electrons. The van der Waals surface area contributed by atoms with Gasteiger partial charge in [0.05, 0.1) is 0 Å². The SMILES string of the molecule is O=S(=O)(Cl)Cc1cc(-c2ccncn2)on1. The van der Waals surface area contributed by atoms with Crippen molar-refractivity contribution in [3.05, 3.63) is 30.4 Å². The van der Waals surface area contributed by atoms with Gasteiger partial charge in [-0.2, -0.15) is 0 Å². The highest BCUT2D eigenvalue weighted by atomic mass is 35.7. The topological polar surface area (TPSA) is 86.0 Å². The van der Waals surface area contributed by atoms with E-state index in [-0.39, 0.29) is 11.4 Å². The fourth-order valence-electron chi connectivity index (χ4n) is 1.11. The molecule has 0 fully saturated rings. The van der Waals surface area contributed by atoms with Gasteiger partial charge in [-0.3, -0.25) is 0 Å². The molecule has 2 heterocycles. The van der Waals surface area contributed by atoms with E-state index >= 15 is 0 Å². The molecule has 0 N–H and O–H groups in total. The molecule has 0 bridgehead atoms. The quantitative estimate of drug-likeness (QED) is 0.770. The van der Waals surface area contributed by atoms with Gasteiger partial charge in [-0.25, -0.2) is 18.4 Å². The van der Waals surface area contributed by atoms with Crippen LogP contribution >= 0.6 is 10.7 Å². The van der Waals surface area contributed by atoms with Crippen molar-refractivity contribution in [1.82, 2.24) is 15.1 Å². The Balaban J connectivity index is 2.27. The fourth-order valence-corrected chi connectivity index (χ4v) is 1.94. The lowest BCUT2D eigenvalue weighted by Crippen LogP contribution is -1.94. The summed E-state index contributed by atoms with van der Waals surface area (Å²) in [5.74, 6) is 0.00100. The summed E-state index contributed by atoms with van der Waals surface area (Å²) in [6.07, 6.45) is 2.90. The van der Waals surface area contributed by atoms with E-state index < -0.39 is 9.05 Å². The van der Waals surface area contributed by atoms with Gasteiger partial charge in [0.15, 0.2) is 5.76 Å². The van der Waals surface area contributed by atoms with E-state index in [1.165, 1.54) is 12.4 Å². The monoisotopic (exact) mass is 259 g/mol. The molecule has 6 nitrogen and oxygen atoms in total. The van der Waals surface area contributed by atoms with Crippen molar-refractivity contribution in [3.8, 4) is 11.5 Å². The maximum absolute atomic E-state index is 10.8. The zero-order chi connectivity index (χ0) is 11.6. The molecule has 0 atom stereocenters. The minimum absolute atomic E-state index is 0.239. The zero-order valence-electron chi connectivity index (χ0n) is 7.87. The van der Waals surface area contributed by atoms with Gasteiger partial charge in [-0.1, -0.05) is 5.16 Å². The Morgan fingerprint density at radius 1 is 1.44 bits per heavy atom. The highest BCUT2D eigenvalue weighted by molar-refractivity contribution is 8.13. The van der Waals surface area contributed by atoms with Crippen LogP contribution in [-0.2, 0) is 14.8 Å². The minimum Gasteiger partial charge on any atom is -0.354 e. The molecular weight excluding hydrogens is 254 g/mol. The molecule has 0 aliphatic carbocycles. The third-order valence-corrected chi connectivity index (χ3v) is 2.68. The number of rotatable bonds is 3. The Morgan fingerprint density at radius 3 is 2.88 bits per heavy atom. The van der Waals surface area contributed by atoms with Gasteiger partial charge >= 0.3 is 0 Å². The van der Waals surface area contributed by atoms with Crippen LogP contribution in [0.3, 0.4) is 0 Å². The molecule has 0 aromatic carbocycles. The third kappa shape index (κ3) is 2.77. The predicted octanol–water partition coefficient (Wildman–Crippen LogP) is 1.20. The number of halogens is 1. The van der Waals surface area contributed by atoms with E-state index in [0.29, 0.717) is 11.5 Å². The van der Waals surface area contributed by atoms with Crippen molar-refractivity contribution in [2.24, 2.45) is 0 Å². The highest BCUT2D eigenvalue weighted by Crippen LogP contribution is 2.18. The Morgan fingerprint density at radius 2 is 2.25 bits per heavy atom. The Kier molecular flexibility index (Phi) is 2.88. The van der Waals surface area contributed by atoms with Gasteiger partial charge < -0.3 is 4.52 Å². The molecule has 8 heteroatoms. The van der Waals surface area contributed by atoms with Crippen LogP contribution in [-0.4, -0.2) is 23.5 Å². The Labute approximate surface area is 95.7 Å². The van der Waals surface area contributed by atoms with E-state index in [1.807, 2.05) is 0 Å². The van der Waals surface area contributed by atoms with E-state index in [1.54, 1.807) is 12.3 Å². The van der Waals surface area contributed by atoms with Crippen molar-refractivity contribution in [2.75, 3.05) is 0 Å². The van der Waals surface area contributed by atoms with Crippen LogP contribution in [0, 0.1) is 0 Å². The predicted molar refractivity (Wildman–Crippen MR) is 56.0 cm³/mol. The van der Waals surface area contributed by atoms with Gasteiger partial charge in [0.25, 0.3) is 0 Å². The normalized spacial score (nSPS) is 11.6. The average Bonchev–Trinajstić information content (AvgIpc) is 2.65. The summed E-state index contributed by atoms with van der Waals surface area (Å²) < 4.78 is 26.5. The highest BCUT2D eigenvalue weighted by Gasteiger charge is 2.13. The molecule has 2 aromatic heterocycles. The largest absolute Gasteiger partial charge is 0.354 e. The molecule has 2 aromatic rings. The van der Waals surface area contributed by atoms with Crippen molar-refractivity contribution in [2.45, 2.75) is 5.75 Å². The first kappa shape index (κ1) is 11.0. The van der Waals surface area contributed by atoms with Crippen LogP contribution in [0.5, 0.6) is 0 Å². The molecule has 0 unspecified atom stereocenters. The van der Waals surface area contributed by atoms with E-state index in [0.717, 1.165) is 0 Å². The van der Waals surface area contributed by atoms with Gasteiger partial charge in [0.1, 0.15) is 23.5 Å². The van der Waals surface area contributed by atoms with Crippen LogP contribution in [0.25, 0.3) is 11.5 Å². The molecule has 0 amide bonds. The summed E-state index contributed by atoms with van der Waals surface area (Å²) in [5.41, 5.74) is 0.768. The second kappa shape index (κ2) is 4.18. The van der Waals surface area contributed by atoms with Crippen LogP contribution in [0.2, 0.25) is 0 Å². The molecule has 16 heavy (non-hydrogen) atoms. The van der Waals surface area contributed by atoms with E-state index in [2.05, 4.69) is 15.1 Å². The first-order valence-electron chi connectivity index (χ1n) is 4.19. The molecule has 0 aliphatic heterocycles. The van der Waals surface area contributed by atoms with Crippen molar-refractivity contribution in [3.63, 3.8) is 0 Å². The molecular formula is C8H6ClN3O3S. The van der Waals surface area contributed by atoms with Gasteiger partial charge in [-0.05, 0) is 6.07 Å². The van der Waals surface area contributed by atoms with Gasteiger partial charge in [0.2, 0.25) is 9.05 Å². The number of nitrogens with zero attached hydrogens (tertiary/aromatic N) is 3. The Hall–Kier alpha value is -1.47. The van der Waals surface area contributed by atoms with E-state index in [4.69, 9.17) is 15.2 Å². The first-order valence-corrected chi connectivity index (χ1v) is 6.67. The lowest BCUT2D eigenvalue weighted by molar-refractivity contribution is 0.424. The summed E-state index contributed by atoms with van der Waals surface area (Å²) in [6.45, 7) is 0. The van der Waals surface area contributed by atoms with Crippen molar-refractivity contribution >= 4 is 19.7 Å². The number of hydrogen-bond acceptors (Lipinski definition) is 6. The van der Waals surface area contributed by atoms with E-state index in [9.17, 15) is 8.42 Å². The third-order valence-electron chi connectivity index (χ3n) is 1.71. The van der Waals surface area contributed by atoms with Crippen LogP contribution in [0.15, 0.2) is 29.2 Å². The standard InChI is InChI=1S/C8H6ClN3O3S/c9-16(13,14)4-6-3-8(15-12-6)7-1-2-10-5-11-7/h1-3,5H,4H2. The summed E-state index contributed by atoms with van der Waals surface area (Å²) >= 11 is 0. The van der Waals surface area contributed by atoms with Crippen molar-refractivity contribution in [1.29, 1.82) is 0 Å². The maximum atomic E-state index is 10.8.